The quantitative estimate of drug-likeness (QED) is 0.883. The van der Waals surface area contributed by atoms with Gasteiger partial charge in [0.25, 0.3) is 0 Å². The molecule has 0 bridgehead atoms. The van der Waals surface area contributed by atoms with Crippen LogP contribution in [-0.2, 0) is 17.6 Å². The van der Waals surface area contributed by atoms with E-state index in [2.05, 4.69) is 10.3 Å². The lowest BCUT2D eigenvalue weighted by Crippen LogP contribution is -2.36. The monoisotopic (exact) mass is 283 g/mol. The molecule has 104 valence electrons. The Hall–Kier alpha value is -1.63. The normalized spacial score (nSPS) is 14.8. The minimum atomic E-state index is -0.909. The van der Waals surface area contributed by atoms with E-state index >= 15 is 0 Å². The predicted molar refractivity (Wildman–Crippen MR) is 72.6 cm³/mol. The third-order valence-electron chi connectivity index (χ3n) is 3.13. The van der Waals surface area contributed by atoms with Crippen molar-refractivity contribution in [3.05, 3.63) is 10.6 Å². The molecule has 1 unspecified atom stereocenters. The number of rotatable bonds is 4. The van der Waals surface area contributed by atoms with E-state index in [4.69, 9.17) is 5.11 Å². The topological polar surface area (TPSA) is 82.5 Å². The smallest absolute Gasteiger partial charge is 0.323 e. The lowest BCUT2D eigenvalue weighted by Gasteiger charge is -2.19. The van der Waals surface area contributed by atoms with Crippen molar-refractivity contribution in [3.63, 3.8) is 0 Å². The molecule has 1 aliphatic carbocycles. The molecule has 0 aliphatic heterocycles. The van der Waals surface area contributed by atoms with Crippen molar-refractivity contribution in [2.24, 2.45) is 5.92 Å². The number of carboxylic acid groups (broad SMARTS) is 1. The van der Waals surface area contributed by atoms with Gasteiger partial charge in [-0.15, -0.1) is 11.3 Å². The molecule has 1 atom stereocenters. The number of thiazole rings is 1. The third kappa shape index (κ3) is 3.23. The molecule has 0 saturated heterocycles. The van der Waals surface area contributed by atoms with Gasteiger partial charge in [-0.05, 0) is 19.3 Å². The molecule has 2 N–H and O–H groups in total. The molecule has 7 heteroatoms. The molecule has 1 heterocycles. The average Bonchev–Trinajstić information content (AvgIpc) is 2.88. The van der Waals surface area contributed by atoms with Crippen molar-refractivity contribution >= 4 is 28.5 Å². The Balaban J connectivity index is 1.91. The summed E-state index contributed by atoms with van der Waals surface area (Å²) in [6, 6.07) is -0.319. The highest BCUT2D eigenvalue weighted by atomic mass is 32.1. The highest BCUT2D eigenvalue weighted by molar-refractivity contribution is 7.15. The largest absolute Gasteiger partial charge is 0.481 e. The van der Waals surface area contributed by atoms with Crippen molar-refractivity contribution in [1.82, 2.24) is 9.88 Å². The molecule has 2 rings (SSSR count). The van der Waals surface area contributed by atoms with Crippen molar-refractivity contribution in [2.45, 2.75) is 26.2 Å². The van der Waals surface area contributed by atoms with Gasteiger partial charge in [0.1, 0.15) is 0 Å². The zero-order valence-electron chi connectivity index (χ0n) is 11.0. The first kappa shape index (κ1) is 13.8. The van der Waals surface area contributed by atoms with Crippen molar-refractivity contribution in [3.8, 4) is 0 Å². The number of anilines is 1. The number of hydrogen-bond acceptors (Lipinski definition) is 4. The van der Waals surface area contributed by atoms with Crippen molar-refractivity contribution in [2.75, 3.05) is 18.9 Å². The first-order chi connectivity index (χ1) is 8.97. The van der Waals surface area contributed by atoms with Gasteiger partial charge in [-0.25, -0.2) is 9.78 Å². The molecular weight excluding hydrogens is 266 g/mol. The van der Waals surface area contributed by atoms with Crippen LogP contribution in [-0.4, -0.2) is 40.6 Å². The van der Waals surface area contributed by atoms with Crippen LogP contribution in [0, 0.1) is 5.92 Å². The van der Waals surface area contributed by atoms with Crippen LogP contribution in [0.4, 0.5) is 9.93 Å². The molecule has 6 nitrogen and oxygen atoms in total. The maximum Gasteiger partial charge on any atom is 0.323 e. The summed E-state index contributed by atoms with van der Waals surface area (Å²) in [5, 5.41) is 12.1. The number of aliphatic carboxylic acids is 1. The number of aromatic nitrogens is 1. The summed E-state index contributed by atoms with van der Waals surface area (Å²) in [6.07, 6.45) is 3.15. The standard InChI is InChI=1S/C12H17N3O3S/c1-7(10(16)17)6-15(2)12(18)14-11-13-8-4-3-5-9(8)19-11/h7H,3-6H2,1-2H3,(H,16,17)(H,13,14,18). The van der Waals surface area contributed by atoms with Crippen LogP contribution in [0.15, 0.2) is 0 Å². The molecule has 0 aromatic carbocycles. The molecule has 0 radical (unpaired) electrons. The fourth-order valence-electron chi connectivity index (χ4n) is 2.00. The molecule has 1 aromatic heterocycles. The molecule has 1 aromatic rings. The maximum atomic E-state index is 11.9. The SMILES string of the molecule is CC(CN(C)C(=O)Nc1nc2c(s1)CCC2)C(=O)O. The minimum Gasteiger partial charge on any atom is -0.481 e. The van der Waals surface area contributed by atoms with Gasteiger partial charge in [-0.2, -0.15) is 0 Å². The summed E-state index contributed by atoms with van der Waals surface area (Å²) in [4.78, 5) is 29.6. The van der Waals surface area contributed by atoms with Crippen LogP contribution in [0.25, 0.3) is 0 Å². The summed E-state index contributed by atoms with van der Waals surface area (Å²) in [7, 11) is 1.58. The van der Waals surface area contributed by atoms with E-state index in [-0.39, 0.29) is 12.6 Å². The van der Waals surface area contributed by atoms with Gasteiger partial charge >= 0.3 is 12.0 Å². The summed E-state index contributed by atoms with van der Waals surface area (Å²) in [5.74, 6) is -1.50. The molecule has 0 fully saturated rings. The number of amides is 2. The number of urea groups is 1. The van der Waals surface area contributed by atoms with E-state index in [0.29, 0.717) is 5.13 Å². The molecule has 0 saturated carbocycles. The lowest BCUT2D eigenvalue weighted by atomic mass is 10.2. The van der Waals surface area contributed by atoms with Gasteiger partial charge in [0, 0.05) is 18.5 Å². The predicted octanol–water partition coefficient (Wildman–Crippen LogP) is 1.82. The second-order valence-corrected chi connectivity index (χ2v) is 5.88. The summed E-state index contributed by atoms with van der Waals surface area (Å²) >= 11 is 1.51. The highest BCUT2D eigenvalue weighted by Gasteiger charge is 2.20. The number of aryl methyl sites for hydroxylation is 2. The van der Waals surface area contributed by atoms with Gasteiger partial charge in [-0.1, -0.05) is 6.92 Å². The number of carbonyl (C=O) groups excluding carboxylic acids is 1. The molecule has 1 aliphatic rings. The second-order valence-electron chi connectivity index (χ2n) is 4.79. The second kappa shape index (κ2) is 5.56. The number of fused-ring (bicyclic) bond motifs is 1. The van der Waals surface area contributed by atoms with Gasteiger partial charge in [0.15, 0.2) is 5.13 Å². The van der Waals surface area contributed by atoms with E-state index in [0.717, 1.165) is 25.0 Å². The fraction of sp³-hybridized carbons (Fsp3) is 0.583. The van der Waals surface area contributed by atoms with Gasteiger partial charge < -0.3 is 10.0 Å². The minimum absolute atomic E-state index is 0.173. The van der Waals surface area contributed by atoms with Gasteiger partial charge in [0.2, 0.25) is 0 Å². The lowest BCUT2D eigenvalue weighted by molar-refractivity contribution is -0.141. The fourth-order valence-corrected chi connectivity index (χ4v) is 3.04. The van der Waals surface area contributed by atoms with E-state index < -0.39 is 11.9 Å². The van der Waals surface area contributed by atoms with Crippen LogP contribution < -0.4 is 5.32 Å². The zero-order valence-corrected chi connectivity index (χ0v) is 11.8. The van der Waals surface area contributed by atoms with Crippen LogP contribution in [0.3, 0.4) is 0 Å². The Morgan fingerprint density at radius 2 is 2.26 bits per heavy atom. The number of carbonyl (C=O) groups is 2. The first-order valence-electron chi connectivity index (χ1n) is 6.21. The van der Waals surface area contributed by atoms with Crippen LogP contribution in [0.1, 0.15) is 23.9 Å². The van der Waals surface area contributed by atoms with Gasteiger partial charge in [0.05, 0.1) is 11.6 Å². The van der Waals surface area contributed by atoms with Crippen molar-refractivity contribution in [1.29, 1.82) is 0 Å². The van der Waals surface area contributed by atoms with E-state index in [1.54, 1.807) is 14.0 Å². The average molecular weight is 283 g/mol. The first-order valence-corrected chi connectivity index (χ1v) is 7.02. The van der Waals surface area contributed by atoms with Gasteiger partial charge in [-0.3, -0.25) is 10.1 Å². The molecule has 0 spiro atoms. The molecule has 19 heavy (non-hydrogen) atoms. The summed E-state index contributed by atoms with van der Waals surface area (Å²) in [6.45, 7) is 1.75. The van der Waals surface area contributed by atoms with Crippen LogP contribution in [0.5, 0.6) is 0 Å². The van der Waals surface area contributed by atoms with Crippen LogP contribution >= 0.6 is 11.3 Å². The number of nitrogens with zero attached hydrogens (tertiary/aromatic N) is 2. The highest BCUT2D eigenvalue weighted by Crippen LogP contribution is 2.30. The Morgan fingerprint density at radius 3 is 2.89 bits per heavy atom. The molecule has 2 amide bonds. The van der Waals surface area contributed by atoms with Crippen molar-refractivity contribution < 1.29 is 14.7 Å². The zero-order chi connectivity index (χ0) is 14.0. The Labute approximate surface area is 115 Å². The number of nitrogens with one attached hydrogen (secondary N) is 1. The molecular formula is C12H17N3O3S. The number of carboxylic acids is 1. The Bertz CT molecular complexity index is 479. The Morgan fingerprint density at radius 1 is 1.53 bits per heavy atom. The van der Waals surface area contributed by atoms with E-state index in [9.17, 15) is 9.59 Å². The summed E-state index contributed by atoms with van der Waals surface area (Å²) in [5.41, 5.74) is 1.09. The third-order valence-corrected chi connectivity index (χ3v) is 4.20. The van der Waals surface area contributed by atoms with Crippen LogP contribution in [0.2, 0.25) is 0 Å². The number of hydrogen-bond donors (Lipinski definition) is 2. The summed E-state index contributed by atoms with van der Waals surface area (Å²) < 4.78 is 0. The van der Waals surface area contributed by atoms with E-state index in [1.165, 1.54) is 21.1 Å². The van der Waals surface area contributed by atoms with E-state index in [1.807, 2.05) is 0 Å². The maximum absolute atomic E-state index is 11.9. The Kier molecular flexibility index (Phi) is 4.04.